The Hall–Kier alpha value is -2.69. The number of hydrogen-bond donors (Lipinski definition) is 0. The normalized spacial score (nSPS) is 16.8. The molecule has 3 aromatic rings. The quantitative estimate of drug-likeness (QED) is 0.692. The minimum Gasteiger partial charge on any atom is -0.486 e. The molecule has 1 fully saturated rings. The van der Waals surface area contributed by atoms with Crippen molar-refractivity contribution >= 4 is 20.4 Å². The lowest BCUT2D eigenvalue weighted by Gasteiger charge is -2.26. The molecule has 117 valence electrons. The van der Waals surface area contributed by atoms with Crippen molar-refractivity contribution in [2.75, 3.05) is 0 Å². The Balaban J connectivity index is 1.84. The van der Waals surface area contributed by atoms with Crippen molar-refractivity contribution in [2.24, 2.45) is 0 Å². The van der Waals surface area contributed by atoms with Crippen molar-refractivity contribution < 1.29 is 13.6 Å². The Morgan fingerprint density at radius 3 is 1.62 bits per heavy atom. The average molecular weight is 331 g/mol. The maximum Gasteiger partial charge on any atom is 0.500 e. The summed E-state index contributed by atoms with van der Waals surface area (Å²) < 4.78 is 12.1. The van der Waals surface area contributed by atoms with Crippen LogP contribution in [-0.2, 0) is 19.2 Å². The van der Waals surface area contributed by atoms with Crippen LogP contribution in [0.15, 0.2) is 91.0 Å². The van der Waals surface area contributed by atoms with E-state index >= 15 is 0 Å². The molecular formula is C20H15O3Si. The Morgan fingerprint density at radius 1 is 0.667 bits per heavy atom. The molecule has 4 rings (SSSR count). The van der Waals surface area contributed by atoms with Gasteiger partial charge in [0, 0.05) is 5.19 Å². The summed E-state index contributed by atoms with van der Waals surface area (Å²) in [4.78, 5) is 13.0. The van der Waals surface area contributed by atoms with Gasteiger partial charge >= 0.3 is 15.3 Å². The number of hydrogen-bond acceptors (Lipinski definition) is 3. The topological polar surface area (TPSA) is 35.5 Å². The fraction of sp³-hybridized carbons (Fsp3) is 0.0500. The largest absolute Gasteiger partial charge is 0.500 e. The first-order valence-corrected chi connectivity index (χ1v) is 9.07. The summed E-state index contributed by atoms with van der Waals surface area (Å²) in [6.07, 6.45) is 0. The van der Waals surface area contributed by atoms with E-state index in [1.165, 1.54) is 0 Å². The summed E-state index contributed by atoms with van der Waals surface area (Å²) in [6.45, 7) is 0. The first-order chi connectivity index (χ1) is 11.8. The molecule has 0 aliphatic carbocycles. The number of rotatable bonds is 3. The number of carbonyl (C=O) groups excluding carboxylic acids is 1. The van der Waals surface area contributed by atoms with Gasteiger partial charge in [-0.05, 0) is 11.1 Å². The van der Waals surface area contributed by atoms with E-state index in [0.29, 0.717) is 0 Å². The van der Waals surface area contributed by atoms with E-state index in [-0.39, 0.29) is 5.97 Å². The second-order valence-electron chi connectivity index (χ2n) is 5.56. The van der Waals surface area contributed by atoms with Crippen molar-refractivity contribution in [1.82, 2.24) is 0 Å². The standard InChI is InChI=1S/C20H15O3Si/c21-19-20(16-10-4-1-5-11-16,17-12-6-2-7-13-17)23-24(22-19)18-14-8-3-9-15-18/h1-15H. The van der Waals surface area contributed by atoms with Crippen LogP contribution in [0, 0.1) is 0 Å². The molecular weight excluding hydrogens is 316 g/mol. The minimum atomic E-state index is -1.89. The molecule has 4 heteroatoms. The smallest absolute Gasteiger partial charge is 0.486 e. The van der Waals surface area contributed by atoms with E-state index in [4.69, 9.17) is 8.85 Å². The number of carbonyl (C=O) groups is 1. The lowest BCUT2D eigenvalue weighted by Crippen LogP contribution is -2.37. The summed E-state index contributed by atoms with van der Waals surface area (Å²) >= 11 is 0. The van der Waals surface area contributed by atoms with Crippen LogP contribution in [0.4, 0.5) is 0 Å². The predicted molar refractivity (Wildman–Crippen MR) is 92.7 cm³/mol. The van der Waals surface area contributed by atoms with Gasteiger partial charge in [0.15, 0.2) is 0 Å². The van der Waals surface area contributed by atoms with Crippen molar-refractivity contribution in [2.45, 2.75) is 5.60 Å². The summed E-state index contributed by atoms with van der Waals surface area (Å²) in [5.41, 5.74) is 0.376. The van der Waals surface area contributed by atoms with Crippen LogP contribution >= 0.6 is 0 Å². The Morgan fingerprint density at radius 2 is 1.12 bits per heavy atom. The van der Waals surface area contributed by atoms with Crippen LogP contribution in [0.3, 0.4) is 0 Å². The Kier molecular flexibility index (Phi) is 3.76. The van der Waals surface area contributed by atoms with E-state index < -0.39 is 14.9 Å². The highest BCUT2D eigenvalue weighted by molar-refractivity contribution is 6.64. The molecule has 1 saturated heterocycles. The monoisotopic (exact) mass is 331 g/mol. The van der Waals surface area contributed by atoms with Gasteiger partial charge in [-0.25, -0.2) is 4.79 Å². The maximum atomic E-state index is 13.0. The number of benzene rings is 3. The summed E-state index contributed by atoms with van der Waals surface area (Å²) in [6, 6.07) is 28.8. The molecule has 0 saturated carbocycles. The van der Waals surface area contributed by atoms with E-state index in [1.807, 2.05) is 91.0 Å². The molecule has 0 aromatic heterocycles. The average Bonchev–Trinajstić information content (AvgIpc) is 3.02. The third kappa shape index (κ3) is 2.36. The van der Waals surface area contributed by atoms with Gasteiger partial charge in [-0.3, -0.25) is 0 Å². The Bertz CT molecular complexity index is 795. The minimum absolute atomic E-state index is 0.349. The Labute approximate surface area is 142 Å². The van der Waals surface area contributed by atoms with E-state index in [2.05, 4.69) is 0 Å². The van der Waals surface area contributed by atoms with Crippen molar-refractivity contribution in [3.05, 3.63) is 102 Å². The molecule has 1 aliphatic heterocycles. The molecule has 3 nitrogen and oxygen atoms in total. The van der Waals surface area contributed by atoms with Gasteiger partial charge in [0.05, 0.1) is 0 Å². The summed E-state index contributed by atoms with van der Waals surface area (Å²) in [5.74, 6) is -0.349. The molecule has 0 bridgehead atoms. The van der Waals surface area contributed by atoms with Crippen LogP contribution in [0.2, 0.25) is 0 Å². The lowest BCUT2D eigenvalue weighted by molar-refractivity contribution is -0.141. The zero-order valence-electron chi connectivity index (χ0n) is 12.9. The van der Waals surface area contributed by atoms with E-state index in [0.717, 1.165) is 16.3 Å². The van der Waals surface area contributed by atoms with Crippen molar-refractivity contribution in [1.29, 1.82) is 0 Å². The highest BCUT2D eigenvalue weighted by Crippen LogP contribution is 2.39. The summed E-state index contributed by atoms with van der Waals surface area (Å²) in [5, 5.41) is 0.921. The van der Waals surface area contributed by atoms with Crippen LogP contribution in [-0.4, -0.2) is 15.3 Å². The lowest BCUT2D eigenvalue weighted by atomic mass is 9.86. The van der Waals surface area contributed by atoms with Crippen LogP contribution in [0.25, 0.3) is 0 Å². The molecule has 0 unspecified atom stereocenters. The van der Waals surface area contributed by atoms with Crippen LogP contribution < -0.4 is 5.19 Å². The summed E-state index contributed by atoms with van der Waals surface area (Å²) in [7, 11) is -1.89. The molecule has 0 N–H and O–H groups in total. The maximum absolute atomic E-state index is 13.0. The van der Waals surface area contributed by atoms with Gasteiger partial charge in [-0.15, -0.1) is 0 Å². The first kappa shape index (κ1) is 14.9. The third-order valence-electron chi connectivity index (χ3n) is 4.09. The van der Waals surface area contributed by atoms with Gasteiger partial charge in [0.25, 0.3) is 0 Å². The molecule has 1 radical (unpaired) electrons. The van der Waals surface area contributed by atoms with E-state index in [9.17, 15) is 4.79 Å². The molecule has 0 amide bonds. The molecule has 1 heterocycles. The van der Waals surface area contributed by atoms with Crippen molar-refractivity contribution in [3.63, 3.8) is 0 Å². The molecule has 24 heavy (non-hydrogen) atoms. The van der Waals surface area contributed by atoms with Crippen molar-refractivity contribution in [3.8, 4) is 0 Å². The molecule has 3 aromatic carbocycles. The predicted octanol–water partition coefficient (Wildman–Crippen LogP) is 2.90. The van der Waals surface area contributed by atoms with Crippen LogP contribution in [0.5, 0.6) is 0 Å². The highest BCUT2D eigenvalue weighted by Gasteiger charge is 2.55. The molecule has 1 aliphatic rings. The van der Waals surface area contributed by atoms with Gasteiger partial charge in [0.2, 0.25) is 5.60 Å². The fourth-order valence-corrected chi connectivity index (χ4v) is 4.57. The molecule has 0 atom stereocenters. The third-order valence-corrected chi connectivity index (χ3v) is 5.76. The second kappa shape index (κ2) is 6.07. The fourth-order valence-electron chi connectivity index (χ4n) is 2.92. The molecule has 0 spiro atoms. The van der Waals surface area contributed by atoms with Gasteiger partial charge < -0.3 is 8.85 Å². The highest BCUT2D eigenvalue weighted by atomic mass is 28.3. The zero-order valence-corrected chi connectivity index (χ0v) is 13.9. The van der Waals surface area contributed by atoms with Crippen LogP contribution in [0.1, 0.15) is 11.1 Å². The van der Waals surface area contributed by atoms with Gasteiger partial charge in [0.1, 0.15) is 0 Å². The SMILES string of the molecule is O=C1O[Si](c2ccccc2)OC1(c1ccccc1)c1ccccc1. The van der Waals surface area contributed by atoms with Gasteiger partial charge in [-0.1, -0.05) is 91.0 Å². The zero-order chi connectivity index (χ0) is 16.4. The first-order valence-electron chi connectivity index (χ1n) is 7.75. The second-order valence-corrected chi connectivity index (χ2v) is 7.12. The van der Waals surface area contributed by atoms with Gasteiger partial charge in [-0.2, -0.15) is 0 Å². The van der Waals surface area contributed by atoms with E-state index in [1.54, 1.807) is 0 Å².